The Hall–Kier alpha value is -1.09. The highest BCUT2D eigenvalue weighted by atomic mass is 16.6. The van der Waals surface area contributed by atoms with Crippen molar-refractivity contribution in [2.45, 2.75) is 51.4 Å². The van der Waals surface area contributed by atoms with Crippen molar-refractivity contribution in [3.8, 4) is 5.75 Å². The summed E-state index contributed by atoms with van der Waals surface area (Å²) < 4.78 is 11.9. The molecule has 2 rings (SSSR count). The Balaban J connectivity index is 2.11. The van der Waals surface area contributed by atoms with E-state index < -0.39 is 0 Å². The highest BCUT2D eigenvalue weighted by Crippen LogP contribution is 2.39. The maximum absolute atomic E-state index is 5.98. The molecule has 0 aliphatic carbocycles. The van der Waals surface area contributed by atoms with Gasteiger partial charge in [-0.2, -0.15) is 0 Å². The molecule has 16 heavy (non-hydrogen) atoms. The molecule has 1 aromatic rings. The van der Waals surface area contributed by atoms with Crippen molar-refractivity contribution in [3.63, 3.8) is 0 Å². The quantitative estimate of drug-likeness (QED) is 0.769. The number of pyridine rings is 1. The van der Waals surface area contributed by atoms with Crippen LogP contribution >= 0.6 is 0 Å². The lowest BCUT2D eigenvalue weighted by Crippen LogP contribution is -2.36. The van der Waals surface area contributed by atoms with Gasteiger partial charge >= 0.3 is 0 Å². The van der Waals surface area contributed by atoms with E-state index in [4.69, 9.17) is 9.47 Å². The van der Waals surface area contributed by atoms with E-state index in [1.807, 2.05) is 12.1 Å². The first-order chi connectivity index (χ1) is 7.39. The van der Waals surface area contributed by atoms with E-state index in [-0.39, 0.29) is 17.3 Å². The molecule has 0 radical (unpaired) electrons. The first-order valence-corrected chi connectivity index (χ1v) is 5.66. The van der Waals surface area contributed by atoms with Crippen LogP contribution in [0, 0.1) is 0 Å². The van der Waals surface area contributed by atoms with Crippen LogP contribution in [-0.4, -0.2) is 22.3 Å². The average molecular weight is 221 g/mol. The highest BCUT2D eigenvalue weighted by Gasteiger charge is 2.47. The Labute approximate surface area is 96.8 Å². The summed E-state index contributed by atoms with van der Waals surface area (Å²) in [5.41, 5.74) is -0.365. The lowest BCUT2D eigenvalue weighted by atomic mass is 9.97. The van der Waals surface area contributed by atoms with E-state index in [1.54, 1.807) is 12.4 Å². The first-order valence-electron chi connectivity index (χ1n) is 5.66. The molecule has 1 aliphatic rings. The zero-order valence-electron chi connectivity index (χ0n) is 10.4. The van der Waals surface area contributed by atoms with Crippen LogP contribution in [0.25, 0.3) is 0 Å². The first kappa shape index (κ1) is 11.4. The van der Waals surface area contributed by atoms with E-state index >= 15 is 0 Å². The average Bonchev–Trinajstić information content (AvgIpc) is 2.36. The predicted molar refractivity (Wildman–Crippen MR) is 62.5 cm³/mol. The molecule has 0 N–H and O–H groups in total. The number of rotatable bonds is 2. The second kappa shape index (κ2) is 3.74. The van der Waals surface area contributed by atoms with Gasteiger partial charge in [-0.25, -0.2) is 0 Å². The maximum atomic E-state index is 5.98. The predicted octanol–water partition coefficient (Wildman–Crippen LogP) is 2.81. The second-order valence-electron chi connectivity index (χ2n) is 5.46. The third kappa shape index (κ3) is 2.35. The Kier molecular flexibility index (Phi) is 2.66. The van der Waals surface area contributed by atoms with Crippen molar-refractivity contribution in [1.29, 1.82) is 0 Å². The van der Waals surface area contributed by atoms with E-state index in [9.17, 15) is 0 Å². The minimum absolute atomic E-state index is 0.0756. The number of hydrogen-bond donors (Lipinski definition) is 0. The van der Waals surface area contributed by atoms with Gasteiger partial charge in [0.25, 0.3) is 0 Å². The number of ether oxygens (including phenoxy) is 2. The standard InChI is InChI=1S/C13H19NO2/c1-12(2)8-11(13(3,4)16-12)15-10-6-5-7-14-9-10/h5-7,9,11H,8H2,1-4H3. The minimum atomic E-state index is -0.251. The van der Waals surface area contributed by atoms with E-state index in [2.05, 4.69) is 32.7 Å². The van der Waals surface area contributed by atoms with Gasteiger partial charge < -0.3 is 9.47 Å². The molecule has 88 valence electrons. The second-order valence-corrected chi connectivity index (χ2v) is 5.46. The highest BCUT2D eigenvalue weighted by molar-refractivity contribution is 5.17. The van der Waals surface area contributed by atoms with Crippen LogP contribution in [0.5, 0.6) is 5.75 Å². The Bertz CT molecular complexity index is 359. The fourth-order valence-corrected chi connectivity index (χ4v) is 2.28. The molecule has 1 unspecified atom stereocenters. The summed E-state index contributed by atoms with van der Waals surface area (Å²) in [5, 5.41) is 0. The molecule has 0 spiro atoms. The molecular formula is C13H19NO2. The van der Waals surface area contributed by atoms with Crippen LogP contribution in [0.3, 0.4) is 0 Å². The molecule has 0 amide bonds. The summed E-state index contributed by atoms with van der Waals surface area (Å²) in [6.45, 7) is 8.34. The molecule has 1 aliphatic heterocycles. The molecule has 0 aromatic carbocycles. The number of aromatic nitrogens is 1. The lowest BCUT2D eigenvalue weighted by Gasteiger charge is -2.27. The number of hydrogen-bond acceptors (Lipinski definition) is 3. The molecule has 0 bridgehead atoms. The molecule has 1 fully saturated rings. The van der Waals surface area contributed by atoms with Gasteiger partial charge in [-0.3, -0.25) is 4.98 Å². The monoisotopic (exact) mass is 221 g/mol. The molecule has 1 aromatic heterocycles. The van der Waals surface area contributed by atoms with Crippen molar-refractivity contribution in [3.05, 3.63) is 24.5 Å². The summed E-state index contributed by atoms with van der Waals surface area (Å²) in [5.74, 6) is 0.807. The Morgan fingerprint density at radius 2 is 2.12 bits per heavy atom. The van der Waals surface area contributed by atoms with Gasteiger partial charge in [0.2, 0.25) is 0 Å². The van der Waals surface area contributed by atoms with Crippen LogP contribution in [0.4, 0.5) is 0 Å². The summed E-state index contributed by atoms with van der Waals surface area (Å²) in [7, 11) is 0. The van der Waals surface area contributed by atoms with E-state index in [0.717, 1.165) is 12.2 Å². The molecule has 2 heterocycles. The van der Waals surface area contributed by atoms with Crippen LogP contribution in [-0.2, 0) is 4.74 Å². The van der Waals surface area contributed by atoms with Crippen molar-refractivity contribution in [2.75, 3.05) is 0 Å². The van der Waals surface area contributed by atoms with Crippen LogP contribution < -0.4 is 4.74 Å². The van der Waals surface area contributed by atoms with Crippen molar-refractivity contribution >= 4 is 0 Å². The van der Waals surface area contributed by atoms with E-state index in [1.165, 1.54) is 0 Å². The number of nitrogens with zero attached hydrogens (tertiary/aromatic N) is 1. The minimum Gasteiger partial charge on any atom is -0.486 e. The van der Waals surface area contributed by atoms with Gasteiger partial charge in [0, 0.05) is 12.6 Å². The van der Waals surface area contributed by atoms with Gasteiger partial charge in [0.1, 0.15) is 17.5 Å². The Morgan fingerprint density at radius 1 is 1.38 bits per heavy atom. The molecule has 1 atom stereocenters. The van der Waals surface area contributed by atoms with Crippen LogP contribution in [0.1, 0.15) is 34.1 Å². The van der Waals surface area contributed by atoms with Crippen molar-refractivity contribution < 1.29 is 9.47 Å². The van der Waals surface area contributed by atoms with Crippen LogP contribution in [0.2, 0.25) is 0 Å². The van der Waals surface area contributed by atoms with Crippen LogP contribution in [0.15, 0.2) is 24.5 Å². The van der Waals surface area contributed by atoms with Gasteiger partial charge in [-0.15, -0.1) is 0 Å². The normalized spacial score (nSPS) is 26.6. The molecular weight excluding hydrogens is 202 g/mol. The molecule has 3 nitrogen and oxygen atoms in total. The third-order valence-corrected chi connectivity index (χ3v) is 2.90. The largest absolute Gasteiger partial charge is 0.486 e. The summed E-state index contributed by atoms with van der Waals surface area (Å²) >= 11 is 0. The Morgan fingerprint density at radius 3 is 2.62 bits per heavy atom. The topological polar surface area (TPSA) is 31.4 Å². The van der Waals surface area contributed by atoms with Gasteiger partial charge in [0.15, 0.2) is 0 Å². The van der Waals surface area contributed by atoms with Gasteiger partial charge in [0.05, 0.1) is 11.8 Å². The maximum Gasteiger partial charge on any atom is 0.138 e. The zero-order chi connectivity index (χ0) is 11.8. The van der Waals surface area contributed by atoms with Gasteiger partial charge in [-0.05, 0) is 39.8 Å². The molecule has 3 heteroatoms. The zero-order valence-corrected chi connectivity index (χ0v) is 10.4. The van der Waals surface area contributed by atoms with Gasteiger partial charge in [-0.1, -0.05) is 0 Å². The smallest absolute Gasteiger partial charge is 0.138 e. The summed E-state index contributed by atoms with van der Waals surface area (Å²) in [6, 6.07) is 3.80. The fourth-order valence-electron chi connectivity index (χ4n) is 2.28. The molecule has 1 saturated heterocycles. The summed E-state index contributed by atoms with van der Waals surface area (Å²) in [6.07, 6.45) is 4.45. The molecule has 0 saturated carbocycles. The lowest BCUT2D eigenvalue weighted by molar-refractivity contribution is -0.0846. The third-order valence-electron chi connectivity index (χ3n) is 2.90. The summed E-state index contributed by atoms with van der Waals surface area (Å²) in [4.78, 5) is 4.05. The van der Waals surface area contributed by atoms with E-state index in [0.29, 0.717) is 0 Å². The SMILES string of the molecule is CC1(C)CC(Oc2cccnc2)C(C)(C)O1. The fraction of sp³-hybridized carbons (Fsp3) is 0.615. The van der Waals surface area contributed by atoms with Crippen molar-refractivity contribution in [2.24, 2.45) is 0 Å². The van der Waals surface area contributed by atoms with Crippen molar-refractivity contribution in [1.82, 2.24) is 4.98 Å².